The number of Topliss-reactive ketones (excluding diaryl/α,β-unsaturated/α-hetero) is 1. The van der Waals surface area contributed by atoms with Crippen molar-refractivity contribution in [2.75, 3.05) is 12.3 Å². The highest BCUT2D eigenvalue weighted by atomic mass is 16.2. The summed E-state index contributed by atoms with van der Waals surface area (Å²) in [6, 6.07) is 7.43. The molecule has 1 saturated heterocycles. The van der Waals surface area contributed by atoms with Gasteiger partial charge in [-0.15, -0.1) is 0 Å². The molecule has 0 unspecified atom stereocenters. The molecule has 4 nitrogen and oxygen atoms in total. The highest BCUT2D eigenvalue weighted by Gasteiger charge is 2.23. The summed E-state index contributed by atoms with van der Waals surface area (Å²) in [6.45, 7) is 1.09. The van der Waals surface area contributed by atoms with Gasteiger partial charge in [0.05, 0.1) is 6.42 Å². The molecule has 2 rings (SSSR count). The van der Waals surface area contributed by atoms with Crippen LogP contribution in [0.3, 0.4) is 0 Å². The third kappa shape index (κ3) is 2.39. The second-order valence-electron chi connectivity index (χ2n) is 4.02. The number of benzene rings is 1. The molecule has 16 heavy (non-hydrogen) atoms. The lowest BCUT2D eigenvalue weighted by atomic mass is 10.1. The van der Waals surface area contributed by atoms with Crippen molar-refractivity contribution in [2.45, 2.75) is 19.4 Å². The monoisotopic (exact) mass is 218 g/mol. The number of anilines is 1. The van der Waals surface area contributed by atoms with Crippen molar-refractivity contribution < 1.29 is 9.59 Å². The van der Waals surface area contributed by atoms with Crippen LogP contribution < -0.4 is 5.73 Å². The molecule has 1 fully saturated rings. The highest BCUT2D eigenvalue weighted by Crippen LogP contribution is 2.13. The van der Waals surface area contributed by atoms with Crippen LogP contribution in [0.5, 0.6) is 0 Å². The third-order valence-corrected chi connectivity index (χ3v) is 2.71. The number of hydrogen-bond acceptors (Lipinski definition) is 3. The van der Waals surface area contributed by atoms with Crippen LogP contribution in [0.1, 0.15) is 18.4 Å². The summed E-state index contributed by atoms with van der Waals surface area (Å²) in [5, 5.41) is 0. The molecule has 1 heterocycles. The van der Waals surface area contributed by atoms with Gasteiger partial charge in [0.15, 0.2) is 0 Å². The average Bonchev–Trinajstić information content (AvgIpc) is 2.25. The van der Waals surface area contributed by atoms with E-state index >= 15 is 0 Å². The summed E-state index contributed by atoms with van der Waals surface area (Å²) in [6.07, 6.45) is 0.523. The fourth-order valence-electron chi connectivity index (χ4n) is 1.76. The smallest absolute Gasteiger partial charge is 0.230 e. The molecule has 1 amide bonds. The van der Waals surface area contributed by atoms with Gasteiger partial charge in [-0.05, 0) is 17.7 Å². The number of ketones is 1. The second-order valence-corrected chi connectivity index (χ2v) is 4.02. The maximum atomic E-state index is 11.6. The first kappa shape index (κ1) is 10.7. The lowest BCUT2D eigenvalue weighted by Crippen LogP contribution is -2.38. The van der Waals surface area contributed by atoms with E-state index in [4.69, 9.17) is 5.73 Å². The van der Waals surface area contributed by atoms with E-state index in [-0.39, 0.29) is 18.1 Å². The molecule has 0 aromatic heterocycles. The van der Waals surface area contributed by atoms with E-state index < -0.39 is 0 Å². The predicted octanol–water partition coefficient (Wildman–Crippen LogP) is 0.960. The van der Waals surface area contributed by atoms with Crippen molar-refractivity contribution in [3.63, 3.8) is 0 Å². The van der Waals surface area contributed by atoms with E-state index in [1.165, 1.54) is 0 Å². The number of nitrogens with two attached hydrogens (primary N) is 1. The molecule has 1 aliphatic heterocycles. The van der Waals surface area contributed by atoms with Crippen LogP contribution in [0, 0.1) is 0 Å². The summed E-state index contributed by atoms with van der Waals surface area (Å²) < 4.78 is 0. The number of hydrogen-bond donors (Lipinski definition) is 1. The summed E-state index contributed by atoms with van der Waals surface area (Å²) >= 11 is 0. The molecule has 1 aliphatic rings. The zero-order valence-corrected chi connectivity index (χ0v) is 8.98. The lowest BCUT2D eigenvalue weighted by Gasteiger charge is -2.26. The zero-order chi connectivity index (χ0) is 11.5. The van der Waals surface area contributed by atoms with Crippen molar-refractivity contribution >= 4 is 17.4 Å². The Hall–Kier alpha value is -1.84. The molecule has 0 spiro atoms. The Kier molecular flexibility index (Phi) is 2.90. The molecular formula is C12H14N2O2. The van der Waals surface area contributed by atoms with E-state index in [1.54, 1.807) is 4.90 Å². The van der Waals surface area contributed by atoms with Crippen LogP contribution >= 0.6 is 0 Å². The Bertz CT molecular complexity index is 412. The van der Waals surface area contributed by atoms with Gasteiger partial charge in [-0.1, -0.05) is 12.1 Å². The molecule has 84 valence electrons. The molecule has 4 heteroatoms. The number of nitrogen functional groups attached to an aromatic ring is 1. The number of rotatable bonds is 2. The Morgan fingerprint density at radius 3 is 2.50 bits per heavy atom. The van der Waals surface area contributed by atoms with Crippen LogP contribution in [0.25, 0.3) is 0 Å². The molecule has 2 N–H and O–H groups in total. The first-order valence-corrected chi connectivity index (χ1v) is 5.29. The van der Waals surface area contributed by atoms with Crippen molar-refractivity contribution in [3.05, 3.63) is 29.8 Å². The SMILES string of the molecule is Nc1ccc(CN2CCC(=O)CC2=O)cc1. The van der Waals surface area contributed by atoms with E-state index in [1.807, 2.05) is 24.3 Å². The molecule has 1 aromatic carbocycles. The minimum atomic E-state index is -0.0759. The van der Waals surface area contributed by atoms with Gasteiger partial charge in [-0.2, -0.15) is 0 Å². The van der Waals surface area contributed by atoms with Crippen molar-refractivity contribution in [1.29, 1.82) is 0 Å². The maximum absolute atomic E-state index is 11.6. The van der Waals surface area contributed by atoms with Gasteiger partial charge in [0.1, 0.15) is 5.78 Å². The Balaban J connectivity index is 2.02. The topological polar surface area (TPSA) is 63.4 Å². The van der Waals surface area contributed by atoms with E-state index in [0.29, 0.717) is 25.2 Å². The Labute approximate surface area is 94.0 Å². The van der Waals surface area contributed by atoms with E-state index in [2.05, 4.69) is 0 Å². The fraction of sp³-hybridized carbons (Fsp3) is 0.333. The van der Waals surface area contributed by atoms with Gasteiger partial charge in [0.2, 0.25) is 5.91 Å². The second kappa shape index (κ2) is 4.35. The van der Waals surface area contributed by atoms with Crippen molar-refractivity contribution in [1.82, 2.24) is 4.90 Å². The lowest BCUT2D eigenvalue weighted by molar-refractivity contribution is -0.139. The largest absolute Gasteiger partial charge is 0.399 e. The van der Waals surface area contributed by atoms with Gasteiger partial charge in [-0.25, -0.2) is 0 Å². The molecule has 1 aromatic rings. The first-order chi connectivity index (χ1) is 7.65. The minimum Gasteiger partial charge on any atom is -0.399 e. The van der Waals surface area contributed by atoms with Gasteiger partial charge in [0, 0.05) is 25.2 Å². The number of likely N-dealkylation sites (tertiary alicyclic amines) is 1. The molecule has 0 radical (unpaired) electrons. The number of carbonyl (C=O) groups excluding carboxylic acids is 2. The van der Waals surface area contributed by atoms with Crippen LogP contribution in [-0.2, 0) is 16.1 Å². The van der Waals surface area contributed by atoms with Gasteiger partial charge < -0.3 is 10.6 Å². The number of carbonyl (C=O) groups is 2. The minimum absolute atomic E-state index is 0.0403. The van der Waals surface area contributed by atoms with Gasteiger partial charge >= 0.3 is 0 Å². The van der Waals surface area contributed by atoms with E-state index in [9.17, 15) is 9.59 Å². The number of amides is 1. The Morgan fingerprint density at radius 1 is 1.19 bits per heavy atom. The number of piperidine rings is 1. The average molecular weight is 218 g/mol. The standard InChI is InChI=1S/C12H14N2O2/c13-10-3-1-9(2-4-10)8-14-6-5-11(15)7-12(14)16/h1-4H,5-8,13H2. The summed E-state index contributed by atoms with van der Waals surface area (Å²) in [5.41, 5.74) is 7.33. The third-order valence-electron chi connectivity index (χ3n) is 2.71. The first-order valence-electron chi connectivity index (χ1n) is 5.29. The van der Waals surface area contributed by atoms with Crippen molar-refractivity contribution in [2.24, 2.45) is 0 Å². The van der Waals surface area contributed by atoms with Crippen molar-refractivity contribution in [3.8, 4) is 0 Å². The van der Waals surface area contributed by atoms with Crippen LogP contribution in [-0.4, -0.2) is 23.1 Å². The van der Waals surface area contributed by atoms with Gasteiger partial charge in [0.25, 0.3) is 0 Å². The van der Waals surface area contributed by atoms with E-state index in [0.717, 1.165) is 5.56 Å². The molecule has 0 aliphatic carbocycles. The zero-order valence-electron chi connectivity index (χ0n) is 8.98. The van der Waals surface area contributed by atoms with Gasteiger partial charge in [-0.3, -0.25) is 9.59 Å². The summed E-state index contributed by atoms with van der Waals surface area (Å²) in [4.78, 5) is 24.3. The summed E-state index contributed by atoms with van der Waals surface area (Å²) in [7, 11) is 0. The maximum Gasteiger partial charge on any atom is 0.230 e. The quantitative estimate of drug-likeness (QED) is 0.594. The molecule has 0 saturated carbocycles. The molecular weight excluding hydrogens is 204 g/mol. The highest BCUT2D eigenvalue weighted by molar-refractivity contribution is 6.00. The molecule has 0 bridgehead atoms. The molecule has 0 atom stereocenters. The Morgan fingerprint density at radius 2 is 1.88 bits per heavy atom. The fourth-order valence-corrected chi connectivity index (χ4v) is 1.76. The summed E-state index contributed by atoms with van der Waals surface area (Å²) in [5.74, 6) is -0.0355. The number of nitrogens with zero attached hydrogens (tertiary/aromatic N) is 1. The predicted molar refractivity (Wildman–Crippen MR) is 60.5 cm³/mol. The van der Waals surface area contributed by atoms with Crippen LogP contribution in [0.2, 0.25) is 0 Å². The van der Waals surface area contributed by atoms with Crippen LogP contribution in [0.4, 0.5) is 5.69 Å². The van der Waals surface area contributed by atoms with Crippen LogP contribution in [0.15, 0.2) is 24.3 Å². The normalized spacial score (nSPS) is 16.6.